The van der Waals surface area contributed by atoms with Gasteiger partial charge in [-0.15, -0.1) is 0 Å². The van der Waals surface area contributed by atoms with Crippen LogP contribution in [0.1, 0.15) is 32.8 Å². The van der Waals surface area contributed by atoms with Gasteiger partial charge in [-0.3, -0.25) is 0 Å². The minimum atomic E-state index is -0.271. The molecule has 1 aromatic carbocycles. The molecule has 0 radical (unpaired) electrons. The van der Waals surface area contributed by atoms with Crippen LogP contribution in [0.3, 0.4) is 0 Å². The van der Waals surface area contributed by atoms with Gasteiger partial charge in [0.05, 0.1) is 6.61 Å². The summed E-state index contributed by atoms with van der Waals surface area (Å²) in [6.07, 6.45) is 0.969. The molecule has 1 aromatic rings. The molecule has 3 heteroatoms. The predicted molar refractivity (Wildman–Crippen MR) is 63.5 cm³/mol. The molecule has 1 aliphatic rings. The average Bonchev–Trinajstić information content (AvgIpc) is 2.71. The van der Waals surface area contributed by atoms with E-state index in [2.05, 4.69) is 13.8 Å². The highest BCUT2D eigenvalue weighted by molar-refractivity contribution is 5.47. The van der Waals surface area contributed by atoms with E-state index in [4.69, 9.17) is 10.5 Å². The standard InChI is InChI=1S/C13H19NO2/c1-4-16-11-7-9(5-6-10(11)15)13(14)8-12(13,2)3/h5-7,15H,4,8,14H2,1-3H3. The SMILES string of the molecule is CCOc1cc(C2(N)CC2(C)C)ccc1O. The molecular formula is C13H19NO2. The molecule has 1 unspecified atom stereocenters. The number of phenolic OH excluding ortho intramolecular Hbond substituents is 1. The maximum absolute atomic E-state index is 9.62. The van der Waals surface area contributed by atoms with Crippen molar-refractivity contribution in [3.63, 3.8) is 0 Å². The Hall–Kier alpha value is -1.22. The molecule has 0 spiro atoms. The summed E-state index contributed by atoms with van der Waals surface area (Å²) in [5.41, 5.74) is 7.23. The number of hydrogen-bond donors (Lipinski definition) is 2. The zero-order valence-corrected chi connectivity index (χ0v) is 10.1. The van der Waals surface area contributed by atoms with Crippen molar-refractivity contribution in [1.29, 1.82) is 0 Å². The number of nitrogens with two attached hydrogens (primary N) is 1. The minimum Gasteiger partial charge on any atom is -0.504 e. The van der Waals surface area contributed by atoms with Gasteiger partial charge in [0.25, 0.3) is 0 Å². The van der Waals surface area contributed by atoms with E-state index in [-0.39, 0.29) is 16.7 Å². The van der Waals surface area contributed by atoms with Crippen LogP contribution in [0, 0.1) is 5.41 Å². The van der Waals surface area contributed by atoms with Crippen molar-refractivity contribution in [2.24, 2.45) is 11.1 Å². The number of ether oxygens (including phenoxy) is 1. The van der Waals surface area contributed by atoms with Crippen LogP contribution in [-0.2, 0) is 5.54 Å². The van der Waals surface area contributed by atoms with Crippen LogP contribution in [0.4, 0.5) is 0 Å². The van der Waals surface area contributed by atoms with Crippen LogP contribution in [0.5, 0.6) is 11.5 Å². The van der Waals surface area contributed by atoms with Gasteiger partial charge in [-0.05, 0) is 36.5 Å². The normalized spacial score (nSPS) is 26.5. The maximum Gasteiger partial charge on any atom is 0.161 e. The molecule has 3 nitrogen and oxygen atoms in total. The Morgan fingerprint density at radius 2 is 2.06 bits per heavy atom. The summed E-state index contributed by atoms with van der Waals surface area (Å²) in [7, 11) is 0. The minimum absolute atomic E-state index is 0.132. The molecule has 88 valence electrons. The molecule has 0 aromatic heterocycles. The van der Waals surface area contributed by atoms with E-state index < -0.39 is 0 Å². The third-order valence-electron chi connectivity index (χ3n) is 3.58. The topological polar surface area (TPSA) is 55.5 Å². The third kappa shape index (κ3) is 1.55. The lowest BCUT2D eigenvalue weighted by Crippen LogP contribution is -2.25. The summed E-state index contributed by atoms with van der Waals surface area (Å²) in [5.74, 6) is 0.695. The molecular weight excluding hydrogens is 202 g/mol. The van der Waals surface area contributed by atoms with E-state index >= 15 is 0 Å². The first-order valence-electron chi connectivity index (χ1n) is 5.66. The quantitative estimate of drug-likeness (QED) is 0.824. The van der Waals surface area contributed by atoms with Gasteiger partial charge < -0.3 is 15.6 Å². The van der Waals surface area contributed by atoms with Crippen LogP contribution in [0.15, 0.2) is 18.2 Å². The highest BCUT2D eigenvalue weighted by atomic mass is 16.5. The molecule has 1 fully saturated rings. The molecule has 16 heavy (non-hydrogen) atoms. The van der Waals surface area contributed by atoms with E-state index in [1.807, 2.05) is 19.1 Å². The lowest BCUT2D eigenvalue weighted by atomic mass is 9.97. The fourth-order valence-corrected chi connectivity index (χ4v) is 2.21. The monoisotopic (exact) mass is 221 g/mol. The molecule has 2 rings (SSSR count). The van der Waals surface area contributed by atoms with Crippen molar-refractivity contribution in [2.75, 3.05) is 6.61 Å². The van der Waals surface area contributed by atoms with Crippen LogP contribution in [0.2, 0.25) is 0 Å². The van der Waals surface area contributed by atoms with Gasteiger partial charge in [0.15, 0.2) is 11.5 Å². The Morgan fingerprint density at radius 3 is 2.56 bits per heavy atom. The molecule has 1 saturated carbocycles. The summed E-state index contributed by atoms with van der Waals surface area (Å²) >= 11 is 0. The number of aromatic hydroxyl groups is 1. The van der Waals surface area contributed by atoms with E-state index in [9.17, 15) is 5.11 Å². The second-order valence-electron chi connectivity index (χ2n) is 5.15. The number of rotatable bonds is 3. The van der Waals surface area contributed by atoms with Gasteiger partial charge in [0.1, 0.15) is 0 Å². The molecule has 0 bridgehead atoms. The van der Waals surface area contributed by atoms with E-state index in [0.29, 0.717) is 12.4 Å². The van der Waals surface area contributed by atoms with E-state index in [1.54, 1.807) is 6.07 Å². The average molecular weight is 221 g/mol. The number of phenols is 1. The van der Waals surface area contributed by atoms with E-state index in [0.717, 1.165) is 12.0 Å². The van der Waals surface area contributed by atoms with Crippen LogP contribution < -0.4 is 10.5 Å². The van der Waals surface area contributed by atoms with Gasteiger partial charge in [-0.2, -0.15) is 0 Å². The largest absolute Gasteiger partial charge is 0.504 e. The maximum atomic E-state index is 9.62. The number of benzene rings is 1. The van der Waals surface area contributed by atoms with Crippen molar-refractivity contribution >= 4 is 0 Å². The first-order valence-corrected chi connectivity index (χ1v) is 5.66. The van der Waals surface area contributed by atoms with Crippen LogP contribution in [0.25, 0.3) is 0 Å². The van der Waals surface area contributed by atoms with Crippen molar-refractivity contribution < 1.29 is 9.84 Å². The molecule has 0 aliphatic heterocycles. The Bertz CT molecular complexity index is 414. The fraction of sp³-hybridized carbons (Fsp3) is 0.538. The van der Waals surface area contributed by atoms with Gasteiger partial charge in [0, 0.05) is 5.54 Å². The number of hydrogen-bond acceptors (Lipinski definition) is 3. The second-order valence-corrected chi connectivity index (χ2v) is 5.15. The highest BCUT2D eigenvalue weighted by Gasteiger charge is 2.59. The predicted octanol–water partition coefficient (Wildman–Crippen LogP) is 2.37. The van der Waals surface area contributed by atoms with Crippen LogP contribution in [-0.4, -0.2) is 11.7 Å². The van der Waals surface area contributed by atoms with Gasteiger partial charge in [-0.1, -0.05) is 19.9 Å². The second kappa shape index (κ2) is 3.39. The molecule has 0 amide bonds. The van der Waals surface area contributed by atoms with Crippen LogP contribution >= 0.6 is 0 Å². The first-order chi connectivity index (χ1) is 7.40. The van der Waals surface area contributed by atoms with Gasteiger partial charge in [-0.25, -0.2) is 0 Å². The molecule has 3 N–H and O–H groups in total. The zero-order chi connectivity index (χ0) is 12.0. The summed E-state index contributed by atoms with van der Waals surface area (Å²) < 4.78 is 5.36. The lowest BCUT2D eigenvalue weighted by Gasteiger charge is -2.17. The zero-order valence-electron chi connectivity index (χ0n) is 10.1. The lowest BCUT2D eigenvalue weighted by molar-refractivity contribution is 0.317. The first kappa shape index (κ1) is 11.3. The summed E-state index contributed by atoms with van der Waals surface area (Å²) in [6, 6.07) is 5.39. The fourth-order valence-electron chi connectivity index (χ4n) is 2.21. The third-order valence-corrected chi connectivity index (χ3v) is 3.58. The highest BCUT2D eigenvalue weighted by Crippen LogP contribution is 2.60. The van der Waals surface area contributed by atoms with Gasteiger partial charge >= 0.3 is 0 Å². The van der Waals surface area contributed by atoms with E-state index in [1.165, 1.54) is 0 Å². The Kier molecular flexibility index (Phi) is 2.39. The molecule has 0 saturated heterocycles. The Morgan fingerprint density at radius 1 is 1.44 bits per heavy atom. The van der Waals surface area contributed by atoms with Crippen molar-refractivity contribution in [1.82, 2.24) is 0 Å². The van der Waals surface area contributed by atoms with Crippen molar-refractivity contribution in [3.05, 3.63) is 23.8 Å². The molecule has 1 atom stereocenters. The Labute approximate surface area is 96.2 Å². The summed E-state index contributed by atoms with van der Waals surface area (Å²) in [6.45, 7) is 6.74. The Balaban J connectivity index is 2.34. The molecule has 0 heterocycles. The summed E-state index contributed by atoms with van der Waals surface area (Å²) in [4.78, 5) is 0. The molecule has 1 aliphatic carbocycles. The van der Waals surface area contributed by atoms with Crippen molar-refractivity contribution in [2.45, 2.75) is 32.7 Å². The van der Waals surface area contributed by atoms with Crippen molar-refractivity contribution in [3.8, 4) is 11.5 Å². The smallest absolute Gasteiger partial charge is 0.161 e. The van der Waals surface area contributed by atoms with Gasteiger partial charge in [0.2, 0.25) is 0 Å². The summed E-state index contributed by atoms with van der Waals surface area (Å²) in [5, 5.41) is 9.62.